The minimum Gasteiger partial charge on any atom is -0.375 e. The average molecular weight is 214 g/mol. The molecule has 0 aromatic carbocycles. The number of nitrogens with zero attached hydrogens (tertiary/aromatic N) is 1. The van der Waals surface area contributed by atoms with Crippen LogP contribution in [0, 0.1) is 0 Å². The molecule has 6 N–H and O–H groups in total. The Morgan fingerprint density at radius 1 is 1.62 bits per heavy atom. The SMILES string of the molecule is CC(O)N(NC(N)=O)NS(=O)(=O)O. The van der Waals surface area contributed by atoms with Gasteiger partial charge in [-0.15, -0.1) is 9.95 Å². The molecule has 0 aromatic rings. The number of carbonyl (C=O) groups is 1. The summed E-state index contributed by atoms with van der Waals surface area (Å²) in [6.07, 6.45) is -1.39. The molecule has 0 heterocycles. The van der Waals surface area contributed by atoms with Crippen molar-refractivity contribution in [2.24, 2.45) is 5.73 Å². The largest absolute Gasteiger partial charge is 0.375 e. The Balaban J connectivity index is 4.36. The highest BCUT2D eigenvalue weighted by atomic mass is 32.2. The van der Waals surface area contributed by atoms with Crippen molar-refractivity contribution in [3.63, 3.8) is 0 Å². The summed E-state index contributed by atoms with van der Waals surface area (Å²) in [6.45, 7) is 1.13. The van der Waals surface area contributed by atoms with Gasteiger partial charge in [-0.3, -0.25) is 9.98 Å². The molecule has 0 aliphatic heterocycles. The van der Waals surface area contributed by atoms with Gasteiger partial charge >= 0.3 is 16.3 Å². The van der Waals surface area contributed by atoms with Gasteiger partial charge in [0.1, 0.15) is 6.23 Å². The van der Waals surface area contributed by atoms with Crippen molar-refractivity contribution in [3.05, 3.63) is 0 Å². The number of rotatable bonds is 4. The molecule has 0 aliphatic rings. The van der Waals surface area contributed by atoms with Crippen LogP contribution in [0.4, 0.5) is 4.79 Å². The lowest BCUT2D eigenvalue weighted by atomic mass is 10.7. The van der Waals surface area contributed by atoms with Crippen LogP contribution in [-0.2, 0) is 10.3 Å². The molecule has 0 saturated heterocycles. The van der Waals surface area contributed by atoms with E-state index >= 15 is 0 Å². The van der Waals surface area contributed by atoms with E-state index in [1.807, 2.05) is 0 Å². The second-order valence-electron chi connectivity index (χ2n) is 2.04. The van der Waals surface area contributed by atoms with E-state index in [-0.39, 0.29) is 0 Å². The number of primary amides is 1. The van der Waals surface area contributed by atoms with Gasteiger partial charge in [-0.05, 0) is 6.92 Å². The first kappa shape index (κ1) is 12.1. The molecule has 0 rings (SSSR count). The first-order valence-corrected chi connectivity index (χ1v) is 4.44. The van der Waals surface area contributed by atoms with E-state index in [4.69, 9.17) is 9.66 Å². The number of amides is 2. The van der Waals surface area contributed by atoms with Gasteiger partial charge in [0.15, 0.2) is 0 Å². The fourth-order valence-corrected chi connectivity index (χ4v) is 0.882. The zero-order valence-corrected chi connectivity index (χ0v) is 7.45. The first-order chi connectivity index (χ1) is 5.72. The quantitative estimate of drug-likeness (QED) is 0.199. The minimum atomic E-state index is -4.57. The molecule has 10 heteroatoms. The topological polar surface area (TPSA) is 145 Å². The maximum Gasteiger partial charge on any atom is 0.348 e. The van der Waals surface area contributed by atoms with E-state index < -0.39 is 22.6 Å². The van der Waals surface area contributed by atoms with Crippen LogP contribution >= 0.6 is 0 Å². The normalized spacial score (nSPS) is 14.2. The number of nitrogens with two attached hydrogens (primary N) is 1. The lowest BCUT2D eigenvalue weighted by molar-refractivity contribution is -0.0265. The molecule has 0 saturated carbocycles. The van der Waals surface area contributed by atoms with Gasteiger partial charge in [-0.2, -0.15) is 8.42 Å². The third kappa shape index (κ3) is 6.24. The molecule has 0 aliphatic carbocycles. The molecule has 1 atom stereocenters. The van der Waals surface area contributed by atoms with Gasteiger partial charge in [-0.1, -0.05) is 0 Å². The fraction of sp³-hybridized carbons (Fsp3) is 0.667. The first-order valence-electron chi connectivity index (χ1n) is 3.00. The second kappa shape index (κ2) is 4.34. The van der Waals surface area contributed by atoms with E-state index in [1.54, 1.807) is 5.43 Å². The number of hydrogen-bond donors (Lipinski definition) is 5. The van der Waals surface area contributed by atoms with E-state index in [2.05, 4.69) is 5.73 Å². The highest BCUT2D eigenvalue weighted by molar-refractivity contribution is 7.83. The Morgan fingerprint density at radius 2 is 2.08 bits per heavy atom. The number of urea groups is 1. The van der Waals surface area contributed by atoms with E-state index in [0.717, 1.165) is 6.92 Å². The maximum absolute atomic E-state index is 10.2. The highest BCUT2D eigenvalue weighted by Gasteiger charge is 2.17. The Bertz CT molecular complexity index is 274. The molecule has 13 heavy (non-hydrogen) atoms. The summed E-state index contributed by atoms with van der Waals surface area (Å²) in [7, 11) is -4.57. The lowest BCUT2D eigenvalue weighted by Crippen LogP contribution is -2.58. The van der Waals surface area contributed by atoms with Crippen LogP contribution < -0.4 is 16.0 Å². The number of aliphatic hydroxyl groups excluding tert-OH is 1. The third-order valence-corrected chi connectivity index (χ3v) is 1.25. The molecule has 2 amide bonds. The Hall–Kier alpha value is -0.940. The van der Waals surface area contributed by atoms with Crippen molar-refractivity contribution in [2.75, 3.05) is 0 Å². The summed E-state index contributed by atoms with van der Waals surface area (Å²) in [5, 5.41) is 9.16. The van der Waals surface area contributed by atoms with Crippen LogP contribution in [0.1, 0.15) is 6.92 Å². The second-order valence-corrected chi connectivity index (χ2v) is 3.18. The molecular formula is C3H10N4O5S. The Labute approximate surface area is 74.3 Å². The summed E-state index contributed by atoms with van der Waals surface area (Å²) in [5.74, 6) is 0. The van der Waals surface area contributed by atoms with Gasteiger partial charge in [0.05, 0.1) is 0 Å². The molecule has 0 fully saturated rings. The summed E-state index contributed by atoms with van der Waals surface area (Å²) >= 11 is 0. The van der Waals surface area contributed by atoms with Crippen molar-refractivity contribution in [1.29, 1.82) is 0 Å². The lowest BCUT2D eigenvalue weighted by Gasteiger charge is -2.22. The standard InChI is InChI=1S/C3H10N4O5S/c1-2(8)7(5-3(4)9)6-13(10,11)12/h2,6,8H,1H3,(H3,4,5,9)(H,10,11,12). The predicted molar refractivity (Wildman–Crippen MR) is 40.9 cm³/mol. The Kier molecular flexibility index (Phi) is 4.03. The van der Waals surface area contributed by atoms with Crippen molar-refractivity contribution >= 4 is 16.3 Å². The number of carbonyl (C=O) groups excluding carboxylic acids is 1. The van der Waals surface area contributed by atoms with Crippen molar-refractivity contribution in [1.82, 2.24) is 15.4 Å². The summed E-state index contributed by atoms with van der Waals surface area (Å²) in [4.78, 5) is 11.6. The predicted octanol–water partition coefficient (Wildman–Crippen LogP) is -2.48. The smallest absolute Gasteiger partial charge is 0.348 e. The van der Waals surface area contributed by atoms with Gasteiger partial charge in [0.25, 0.3) is 0 Å². The summed E-state index contributed by atoms with van der Waals surface area (Å²) in [6, 6.07) is -1.10. The molecule has 0 aromatic heterocycles. The van der Waals surface area contributed by atoms with Crippen molar-refractivity contribution < 1.29 is 22.9 Å². The van der Waals surface area contributed by atoms with E-state index in [9.17, 15) is 13.2 Å². The molecule has 78 valence electrons. The highest BCUT2D eigenvalue weighted by Crippen LogP contribution is 1.87. The zero-order valence-electron chi connectivity index (χ0n) is 6.63. The van der Waals surface area contributed by atoms with Crippen molar-refractivity contribution in [3.8, 4) is 0 Å². The van der Waals surface area contributed by atoms with Crippen molar-refractivity contribution in [2.45, 2.75) is 13.2 Å². The molecule has 9 nitrogen and oxygen atoms in total. The summed E-state index contributed by atoms with van der Waals surface area (Å²) in [5.41, 5.74) is 6.34. The van der Waals surface area contributed by atoms with E-state index in [1.165, 1.54) is 4.83 Å². The zero-order chi connectivity index (χ0) is 10.6. The number of hydrazine groups is 2. The minimum absolute atomic E-state index is 0.317. The maximum atomic E-state index is 10.2. The van der Waals surface area contributed by atoms with E-state index in [0.29, 0.717) is 5.12 Å². The molecule has 0 bridgehead atoms. The van der Waals surface area contributed by atoms with Crippen LogP contribution in [0.2, 0.25) is 0 Å². The van der Waals surface area contributed by atoms with Gasteiger partial charge in [0, 0.05) is 0 Å². The molecule has 1 unspecified atom stereocenters. The molecular weight excluding hydrogens is 204 g/mol. The van der Waals surface area contributed by atoms with Gasteiger partial charge in [0.2, 0.25) is 0 Å². The van der Waals surface area contributed by atoms with Crippen LogP contribution in [-0.4, -0.2) is 35.5 Å². The Morgan fingerprint density at radius 3 is 2.31 bits per heavy atom. The number of aliphatic hydroxyl groups is 1. The average Bonchev–Trinajstić information content (AvgIpc) is 1.81. The van der Waals surface area contributed by atoms with Crippen LogP contribution in [0.5, 0.6) is 0 Å². The third-order valence-electron chi connectivity index (χ3n) is 0.818. The molecule has 0 radical (unpaired) electrons. The summed E-state index contributed by atoms with van der Waals surface area (Å²) < 4.78 is 28.7. The molecule has 0 spiro atoms. The van der Waals surface area contributed by atoms with Crippen LogP contribution in [0.25, 0.3) is 0 Å². The van der Waals surface area contributed by atoms with Gasteiger partial charge < -0.3 is 10.8 Å². The van der Waals surface area contributed by atoms with Crippen LogP contribution in [0.15, 0.2) is 0 Å². The van der Waals surface area contributed by atoms with Gasteiger partial charge in [-0.25, -0.2) is 4.79 Å². The monoisotopic (exact) mass is 214 g/mol. The van der Waals surface area contributed by atoms with Crippen LogP contribution in [0.3, 0.4) is 0 Å². The fourth-order valence-electron chi connectivity index (χ4n) is 0.436. The number of nitrogens with one attached hydrogen (secondary N) is 2. The number of hydrogen-bond acceptors (Lipinski definition) is 5.